The molecule has 0 spiro atoms. The van der Waals surface area contributed by atoms with Gasteiger partial charge in [-0.15, -0.1) is 0 Å². The summed E-state index contributed by atoms with van der Waals surface area (Å²) in [4.78, 5) is 27.3. The molecule has 2 aromatic carbocycles. The van der Waals surface area contributed by atoms with Crippen molar-refractivity contribution in [2.45, 2.75) is 19.5 Å². The van der Waals surface area contributed by atoms with E-state index in [0.717, 1.165) is 17.7 Å². The fourth-order valence-corrected chi connectivity index (χ4v) is 3.48. The van der Waals surface area contributed by atoms with Crippen LogP contribution in [0.4, 0.5) is 4.79 Å². The van der Waals surface area contributed by atoms with E-state index in [1.165, 1.54) is 7.11 Å². The normalized spacial score (nSPS) is 16.1. The summed E-state index contributed by atoms with van der Waals surface area (Å²) in [5, 5.41) is 5.66. The van der Waals surface area contributed by atoms with Crippen molar-refractivity contribution in [1.29, 1.82) is 0 Å². The molecule has 2 N–H and O–H groups in total. The van der Waals surface area contributed by atoms with Gasteiger partial charge in [-0.25, -0.2) is 9.59 Å². The molecule has 0 saturated carbocycles. The molecule has 0 radical (unpaired) electrons. The highest BCUT2D eigenvalue weighted by Gasteiger charge is 2.34. The number of likely N-dealkylation sites (N-methyl/N-ethyl adjacent to an activating group) is 1. The molecule has 3 rings (SSSR count). The third kappa shape index (κ3) is 4.99. The van der Waals surface area contributed by atoms with Crippen molar-refractivity contribution in [2.75, 3.05) is 27.3 Å². The summed E-state index contributed by atoms with van der Waals surface area (Å²) in [5.74, 6) is 0.219. The van der Waals surface area contributed by atoms with Gasteiger partial charge in [-0.2, -0.15) is 0 Å². The fourth-order valence-electron chi connectivity index (χ4n) is 3.48. The second kappa shape index (κ2) is 9.93. The molecule has 1 heterocycles. The third-order valence-electron chi connectivity index (χ3n) is 5.09. The molecule has 0 saturated heterocycles. The number of hydrogen-bond acceptors (Lipinski definition) is 5. The van der Waals surface area contributed by atoms with Crippen LogP contribution in [0, 0.1) is 0 Å². The summed E-state index contributed by atoms with van der Waals surface area (Å²) in [5.41, 5.74) is 2.87. The second-order valence-corrected chi connectivity index (χ2v) is 6.98. The molecule has 7 nitrogen and oxygen atoms in total. The molecule has 0 fully saturated rings. The molecule has 2 aromatic rings. The predicted molar refractivity (Wildman–Crippen MR) is 114 cm³/mol. The highest BCUT2D eigenvalue weighted by Crippen LogP contribution is 2.29. The van der Waals surface area contributed by atoms with Gasteiger partial charge in [0.25, 0.3) is 0 Å². The van der Waals surface area contributed by atoms with Crippen LogP contribution >= 0.6 is 0 Å². The first-order chi connectivity index (χ1) is 14.5. The number of carbonyl (C=O) groups excluding carboxylic acids is 2. The van der Waals surface area contributed by atoms with Crippen molar-refractivity contribution in [3.63, 3.8) is 0 Å². The van der Waals surface area contributed by atoms with Crippen LogP contribution in [0.3, 0.4) is 0 Å². The number of esters is 1. The van der Waals surface area contributed by atoms with Crippen molar-refractivity contribution in [2.24, 2.45) is 0 Å². The molecule has 1 atom stereocenters. The number of carbonyl (C=O) groups is 2. The Morgan fingerprint density at radius 1 is 1.03 bits per heavy atom. The average Bonchev–Trinajstić information content (AvgIpc) is 2.78. The van der Waals surface area contributed by atoms with Gasteiger partial charge in [0.1, 0.15) is 5.75 Å². The smallest absolute Gasteiger partial charge is 0.338 e. The summed E-state index contributed by atoms with van der Waals surface area (Å²) in [6.07, 6.45) is 0. The lowest BCUT2D eigenvalue weighted by Gasteiger charge is -2.31. The quantitative estimate of drug-likeness (QED) is 0.655. The van der Waals surface area contributed by atoms with Gasteiger partial charge in [-0.1, -0.05) is 49.4 Å². The van der Waals surface area contributed by atoms with Gasteiger partial charge in [-0.05, 0) is 29.8 Å². The third-order valence-corrected chi connectivity index (χ3v) is 5.09. The Balaban J connectivity index is 1.94. The Morgan fingerprint density at radius 3 is 2.33 bits per heavy atom. The van der Waals surface area contributed by atoms with Crippen LogP contribution in [-0.2, 0) is 16.1 Å². The van der Waals surface area contributed by atoms with Crippen molar-refractivity contribution in [3.05, 3.63) is 77.0 Å². The number of rotatable bonds is 8. The zero-order valence-corrected chi connectivity index (χ0v) is 17.5. The average molecular weight is 409 g/mol. The van der Waals surface area contributed by atoms with Crippen LogP contribution in [0.1, 0.15) is 24.1 Å². The van der Waals surface area contributed by atoms with E-state index in [4.69, 9.17) is 9.47 Å². The molecule has 0 aliphatic carbocycles. The first kappa shape index (κ1) is 21.4. The molecular formula is C23H27N3O4. The van der Waals surface area contributed by atoms with Gasteiger partial charge in [0.2, 0.25) is 0 Å². The standard InChI is InChI=1S/C23H27N3O4/c1-4-26(14-16-8-6-5-7-9-16)15-19-20(22(27)30-3)21(25-23(28)24-19)17-10-12-18(29-2)13-11-17/h5-13,21H,4,14-15H2,1-3H3,(H2,24,25,28)/t21-/m0/s1. The molecule has 0 aromatic heterocycles. The summed E-state index contributed by atoms with van der Waals surface area (Å²) in [6, 6.07) is 16.4. The molecule has 1 aliphatic rings. The van der Waals surface area contributed by atoms with Crippen LogP contribution < -0.4 is 15.4 Å². The fraction of sp³-hybridized carbons (Fsp3) is 0.304. The van der Waals surface area contributed by atoms with Gasteiger partial charge in [0, 0.05) is 18.8 Å². The van der Waals surface area contributed by atoms with Crippen LogP contribution in [0.25, 0.3) is 0 Å². The largest absolute Gasteiger partial charge is 0.497 e. The van der Waals surface area contributed by atoms with E-state index in [-0.39, 0.29) is 6.03 Å². The summed E-state index contributed by atoms with van der Waals surface area (Å²) < 4.78 is 10.3. The maximum absolute atomic E-state index is 12.7. The van der Waals surface area contributed by atoms with Gasteiger partial charge < -0.3 is 20.1 Å². The first-order valence-corrected chi connectivity index (χ1v) is 9.84. The van der Waals surface area contributed by atoms with E-state index in [2.05, 4.69) is 27.7 Å². The van der Waals surface area contributed by atoms with Crippen LogP contribution in [0.2, 0.25) is 0 Å². The summed E-state index contributed by atoms with van der Waals surface area (Å²) >= 11 is 0. The number of methoxy groups -OCH3 is 2. The maximum atomic E-state index is 12.7. The number of amides is 2. The molecule has 30 heavy (non-hydrogen) atoms. The lowest BCUT2D eigenvalue weighted by atomic mass is 9.95. The molecule has 0 unspecified atom stereocenters. The van der Waals surface area contributed by atoms with E-state index >= 15 is 0 Å². The second-order valence-electron chi connectivity index (χ2n) is 6.98. The van der Waals surface area contributed by atoms with Crippen LogP contribution in [-0.4, -0.2) is 44.2 Å². The SMILES string of the molecule is CCN(CC1=C(C(=O)OC)[C@H](c2ccc(OC)cc2)NC(=O)N1)Cc1ccccc1. The predicted octanol–water partition coefficient (Wildman–Crippen LogP) is 3.00. The maximum Gasteiger partial charge on any atom is 0.338 e. The minimum absolute atomic E-state index is 0.353. The van der Waals surface area contributed by atoms with E-state index in [0.29, 0.717) is 30.1 Å². The van der Waals surface area contributed by atoms with Crippen molar-refractivity contribution in [3.8, 4) is 5.75 Å². The van der Waals surface area contributed by atoms with Gasteiger partial charge in [0.05, 0.1) is 25.8 Å². The monoisotopic (exact) mass is 409 g/mol. The number of hydrogen-bond donors (Lipinski definition) is 2. The number of ether oxygens (including phenoxy) is 2. The molecular weight excluding hydrogens is 382 g/mol. The molecule has 2 amide bonds. The van der Waals surface area contributed by atoms with E-state index in [1.807, 2.05) is 37.3 Å². The molecule has 158 valence electrons. The lowest BCUT2D eigenvalue weighted by molar-refractivity contribution is -0.136. The lowest BCUT2D eigenvalue weighted by Crippen LogP contribution is -2.48. The molecule has 1 aliphatic heterocycles. The van der Waals surface area contributed by atoms with Crippen molar-refractivity contribution in [1.82, 2.24) is 15.5 Å². The van der Waals surface area contributed by atoms with Crippen molar-refractivity contribution < 1.29 is 19.1 Å². The number of nitrogens with one attached hydrogen (secondary N) is 2. The van der Waals surface area contributed by atoms with Crippen LogP contribution in [0.5, 0.6) is 5.75 Å². The van der Waals surface area contributed by atoms with Gasteiger partial charge in [0.15, 0.2) is 0 Å². The summed E-state index contributed by atoms with van der Waals surface area (Å²) in [7, 11) is 2.93. The van der Waals surface area contributed by atoms with Crippen molar-refractivity contribution >= 4 is 12.0 Å². The summed E-state index contributed by atoms with van der Waals surface area (Å²) in [6.45, 7) is 3.91. The Hall–Kier alpha value is -3.32. The molecule has 7 heteroatoms. The number of urea groups is 1. The zero-order valence-electron chi connectivity index (χ0n) is 17.5. The Bertz CT molecular complexity index is 910. The minimum Gasteiger partial charge on any atom is -0.497 e. The van der Waals surface area contributed by atoms with Crippen LogP contribution in [0.15, 0.2) is 65.9 Å². The van der Waals surface area contributed by atoms with E-state index in [9.17, 15) is 9.59 Å². The highest BCUT2D eigenvalue weighted by atomic mass is 16.5. The Labute approximate surface area is 176 Å². The number of benzene rings is 2. The Morgan fingerprint density at radius 2 is 1.73 bits per heavy atom. The van der Waals surface area contributed by atoms with Gasteiger partial charge in [-0.3, -0.25) is 4.90 Å². The topological polar surface area (TPSA) is 79.9 Å². The van der Waals surface area contributed by atoms with Gasteiger partial charge >= 0.3 is 12.0 Å². The number of nitrogens with zero attached hydrogens (tertiary/aromatic N) is 1. The highest BCUT2D eigenvalue weighted by molar-refractivity contribution is 5.95. The Kier molecular flexibility index (Phi) is 7.08. The zero-order chi connectivity index (χ0) is 21.5. The minimum atomic E-state index is -0.609. The molecule has 0 bridgehead atoms. The first-order valence-electron chi connectivity index (χ1n) is 9.84. The van der Waals surface area contributed by atoms with E-state index < -0.39 is 12.0 Å². The van der Waals surface area contributed by atoms with E-state index in [1.54, 1.807) is 19.2 Å².